The van der Waals surface area contributed by atoms with Crippen LogP contribution in [0.1, 0.15) is 51.9 Å². The van der Waals surface area contributed by atoms with E-state index in [1.807, 2.05) is 0 Å². The lowest BCUT2D eigenvalue weighted by Crippen LogP contribution is -2.42. The summed E-state index contributed by atoms with van der Waals surface area (Å²) in [5.74, 6) is -1.08. The molecule has 1 fully saturated rings. The monoisotopic (exact) mass is 410 g/mol. The van der Waals surface area contributed by atoms with Gasteiger partial charge in [-0.2, -0.15) is 0 Å². The van der Waals surface area contributed by atoms with Crippen LogP contribution in [0.25, 0.3) is 0 Å². The van der Waals surface area contributed by atoms with E-state index in [1.165, 1.54) is 12.1 Å². The highest BCUT2D eigenvalue weighted by atomic mass is 32.2. The Balaban J connectivity index is 1.91. The third-order valence-electron chi connectivity index (χ3n) is 5.00. The van der Waals surface area contributed by atoms with Crippen molar-refractivity contribution in [3.63, 3.8) is 0 Å². The summed E-state index contributed by atoms with van der Waals surface area (Å²) in [7, 11) is -3.32. The fourth-order valence-corrected chi connectivity index (χ4v) is 4.84. The number of anilines is 1. The summed E-state index contributed by atoms with van der Waals surface area (Å²) in [4.78, 5) is 25.3. The molecular formula is C20H30N2O5S. The summed E-state index contributed by atoms with van der Waals surface area (Å²) in [6, 6.07) is 5.72. The molecule has 156 valence electrons. The lowest BCUT2D eigenvalue weighted by Gasteiger charge is -2.21. The molecule has 0 aromatic heterocycles. The smallest absolute Gasteiger partial charge is 0.317 e. The van der Waals surface area contributed by atoms with Crippen molar-refractivity contribution in [1.82, 2.24) is 4.90 Å². The van der Waals surface area contributed by atoms with Gasteiger partial charge < -0.3 is 10.4 Å². The molecule has 1 aliphatic heterocycles. The van der Waals surface area contributed by atoms with Gasteiger partial charge >= 0.3 is 5.97 Å². The molecule has 28 heavy (non-hydrogen) atoms. The van der Waals surface area contributed by atoms with Crippen LogP contribution in [0.2, 0.25) is 0 Å². The molecule has 1 saturated heterocycles. The zero-order valence-electron chi connectivity index (χ0n) is 16.4. The van der Waals surface area contributed by atoms with Gasteiger partial charge in [0.15, 0.2) is 9.84 Å². The van der Waals surface area contributed by atoms with Crippen LogP contribution in [-0.4, -0.2) is 55.2 Å². The number of rotatable bonds is 11. The van der Waals surface area contributed by atoms with Crippen LogP contribution in [0.4, 0.5) is 5.69 Å². The molecule has 0 saturated carbocycles. The van der Waals surface area contributed by atoms with E-state index < -0.39 is 21.8 Å². The maximum absolute atomic E-state index is 12.5. The number of amides is 1. The lowest BCUT2D eigenvalue weighted by atomic mass is 10.2. The molecule has 2 rings (SSSR count). The Bertz CT molecular complexity index is 761. The summed E-state index contributed by atoms with van der Waals surface area (Å²) in [6.45, 7) is 2.54. The van der Waals surface area contributed by atoms with E-state index in [4.69, 9.17) is 5.11 Å². The molecule has 1 amide bonds. The highest BCUT2D eigenvalue weighted by Crippen LogP contribution is 2.21. The van der Waals surface area contributed by atoms with Gasteiger partial charge in [0.2, 0.25) is 5.91 Å². The normalized spacial score (nSPS) is 17.5. The number of hydrogen-bond donors (Lipinski definition) is 2. The molecule has 7 nitrogen and oxygen atoms in total. The summed E-state index contributed by atoms with van der Waals surface area (Å²) >= 11 is 0. The van der Waals surface area contributed by atoms with Crippen LogP contribution in [0, 0.1) is 0 Å². The van der Waals surface area contributed by atoms with Crippen molar-refractivity contribution in [1.29, 1.82) is 0 Å². The number of carboxylic acid groups (broad SMARTS) is 1. The molecule has 0 aliphatic carbocycles. The van der Waals surface area contributed by atoms with Crippen molar-refractivity contribution in [2.24, 2.45) is 0 Å². The van der Waals surface area contributed by atoms with E-state index in [2.05, 4.69) is 12.2 Å². The summed E-state index contributed by atoms with van der Waals surface area (Å²) in [5.41, 5.74) is 0.508. The van der Waals surface area contributed by atoms with E-state index in [0.717, 1.165) is 32.1 Å². The van der Waals surface area contributed by atoms with Crippen molar-refractivity contribution < 1.29 is 23.1 Å². The number of unbranched alkanes of at least 4 members (excludes halogenated alkanes) is 4. The van der Waals surface area contributed by atoms with Crippen LogP contribution in [-0.2, 0) is 19.4 Å². The SMILES string of the molecule is CCCCCCCS(=O)(=O)c1ccc(NC(=O)C2CCCN2CC(=O)O)cc1. The molecule has 1 aliphatic rings. The maximum atomic E-state index is 12.5. The second-order valence-corrected chi connectivity index (χ2v) is 9.38. The van der Waals surface area contributed by atoms with Crippen LogP contribution in [0.3, 0.4) is 0 Å². The second-order valence-electron chi connectivity index (χ2n) is 7.27. The van der Waals surface area contributed by atoms with Gasteiger partial charge in [0.25, 0.3) is 0 Å². The number of nitrogens with zero attached hydrogens (tertiary/aromatic N) is 1. The van der Waals surface area contributed by atoms with E-state index >= 15 is 0 Å². The number of aliphatic carboxylic acids is 1. The van der Waals surface area contributed by atoms with Gasteiger partial charge in [0, 0.05) is 5.69 Å². The summed E-state index contributed by atoms with van der Waals surface area (Å²) in [6.07, 6.45) is 6.26. The Morgan fingerprint density at radius 1 is 1.14 bits per heavy atom. The van der Waals surface area contributed by atoms with Gasteiger partial charge in [-0.15, -0.1) is 0 Å². The average molecular weight is 411 g/mol. The highest BCUT2D eigenvalue weighted by molar-refractivity contribution is 7.91. The number of hydrogen-bond acceptors (Lipinski definition) is 5. The first kappa shape index (κ1) is 22.4. The fraction of sp³-hybridized carbons (Fsp3) is 0.600. The van der Waals surface area contributed by atoms with Crippen molar-refractivity contribution >= 4 is 27.4 Å². The molecule has 0 spiro atoms. The molecule has 0 radical (unpaired) electrons. The zero-order valence-corrected chi connectivity index (χ0v) is 17.2. The van der Waals surface area contributed by atoms with Crippen LogP contribution < -0.4 is 5.32 Å². The Kier molecular flexibility index (Phi) is 8.44. The standard InChI is InChI=1S/C20H30N2O5S/c1-2-3-4-5-6-14-28(26,27)17-11-9-16(10-12-17)21-20(25)18-8-7-13-22(18)15-19(23)24/h9-12,18H,2-8,13-15H2,1H3,(H,21,25)(H,23,24). The Morgan fingerprint density at radius 3 is 2.46 bits per heavy atom. The van der Waals surface area contributed by atoms with Crippen molar-refractivity contribution in [2.75, 3.05) is 24.2 Å². The average Bonchev–Trinajstić information content (AvgIpc) is 3.09. The highest BCUT2D eigenvalue weighted by Gasteiger charge is 2.31. The van der Waals surface area contributed by atoms with Gasteiger partial charge in [0.05, 0.1) is 23.2 Å². The summed E-state index contributed by atoms with van der Waals surface area (Å²) < 4.78 is 24.8. The van der Waals surface area contributed by atoms with Crippen LogP contribution in [0.5, 0.6) is 0 Å². The van der Waals surface area contributed by atoms with E-state index in [9.17, 15) is 18.0 Å². The van der Waals surface area contributed by atoms with Crippen molar-refractivity contribution in [3.05, 3.63) is 24.3 Å². The Hall–Kier alpha value is -1.93. The van der Waals surface area contributed by atoms with Crippen LogP contribution in [0.15, 0.2) is 29.2 Å². The molecule has 2 N–H and O–H groups in total. The van der Waals surface area contributed by atoms with E-state index in [0.29, 0.717) is 25.1 Å². The quantitative estimate of drug-likeness (QED) is 0.544. The number of carboxylic acids is 1. The number of benzene rings is 1. The molecule has 8 heteroatoms. The molecule has 1 aromatic rings. The largest absolute Gasteiger partial charge is 0.480 e. The van der Waals surface area contributed by atoms with Gasteiger partial charge in [-0.1, -0.05) is 32.6 Å². The van der Waals surface area contributed by atoms with Gasteiger partial charge in [-0.25, -0.2) is 8.42 Å². The van der Waals surface area contributed by atoms with Gasteiger partial charge in [-0.05, 0) is 50.1 Å². The molecule has 1 atom stereocenters. The fourth-order valence-electron chi connectivity index (χ4n) is 3.47. The number of sulfone groups is 1. The Morgan fingerprint density at radius 2 is 1.82 bits per heavy atom. The molecular weight excluding hydrogens is 380 g/mol. The predicted molar refractivity (Wildman–Crippen MR) is 108 cm³/mol. The first-order valence-corrected chi connectivity index (χ1v) is 11.6. The number of nitrogens with one attached hydrogen (secondary N) is 1. The van der Waals surface area contributed by atoms with E-state index in [-0.39, 0.29) is 23.1 Å². The number of carbonyl (C=O) groups is 2. The molecule has 0 bridgehead atoms. The molecule has 1 aromatic carbocycles. The minimum atomic E-state index is -3.32. The first-order chi connectivity index (χ1) is 13.3. The lowest BCUT2D eigenvalue weighted by molar-refractivity contribution is -0.139. The number of likely N-dealkylation sites (tertiary alicyclic amines) is 1. The minimum Gasteiger partial charge on any atom is -0.480 e. The maximum Gasteiger partial charge on any atom is 0.317 e. The van der Waals surface area contributed by atoms with Crippen molar-refractivity contribution in [2.45, 2.75) is 62.8 Å². The molecule has 1 unspecified atom stereocenters. The summed E-state index contributed by atoms with van der Waals surface area (Å²) in [5, 5.41) is 11.7. The van der Waals surface area contributed by atoms with Crippen molar-refractivity contribution in [3.8, 4) is 0 Å². The third kappa shape index (κ3) is 6.60. The first-order valence-electron chi connectivity index (χ1n) is 9.93. The second kappa shape index (κ2) is 10.6. The molecule has 1 heterocycles. The zero-order chi connectivity index (χ0) is 20.6. The predicted octanol–water partition coefficient (Wildman–Crippen LogP) is 2.92. The van der Waals surface area contributed by atoms with E-state index in [1.54, 1.807) is 17.0 Å². The minimum absolute atomic E-state index is 0.134. The van der Waals surface area contributed by atoms with Gasteiger partial charge in [0.1, 0.15) is 0 Å². The number of carbonyl (C=O) groups excluding carboxylic acids is 1. The van der Waals surface area contributed by atoms with Gasteiger partial charge in [-0.3, -0.25) is 14.5 Å². The third-order valence-corrected chi connectivity index (χ3v) is 6.82. The van der Waals surface area contributed by atoms with Crippen LogP contribution >= 0.6 is 0 Å². The Labute approximate surface area is 167 Å². The topological polar surface area (TPSA) is 104 Å².